The molecule has 1 N–H and O–H groups in total. The van der Waals surface area contributed by atoms with Crippen molar-refractivity contribution in [3.05, 3.63) is 18.2 Å². The second kappa shape index (κ2) is 9.16. The van der Waals surface area contributed by atoms with Crippen LogP contribution < -0.4 is 19.7 Å². The van der Waals surface area contributed by atoms with E-state index >= 15 is 0 Å². The van der Waals surface area contributed by atoms with Crippen LogP contribution in [-0.4, -0.2) is 50.2 Å². The van der Waals surface area contributed by atoms with Gasteiger partial charge < -0.3 is 24.4 Å². The van der Waals surface area contributed by atoms with Crippen LogP contribution in [0.2, 0.25) is 0 Å². The van der Waals surface area contributed by atoms with Gasteiger partial charge in [-0.1, -0.05) is 26.7 Å². The third-order valence-corrected chi connectivity index (χ3v) is 6.69. The topological polar surface area (TPSA) is 94.2 Å². The molecule has 4 atom stereocenters. The summed E-state index contributed by atoms with van der Waals surface area (Å²) in [4.78, 5) is 38.8. The van der Waals surface area contributed by atoms with Gasteiger partial charge in [0.2, 0.25) is 5.91 Å². The second-order valence-electron chi connectivity index (χ2n) is 8.78. The van der Waals surface area contributed by atoms with E-state index < -0.39 is 11.9 Å². The number of anilines is 1. The first-order valence-corrected chi connectivity index (χ1v) is 11.1. The Kier molecular flexibility index (Phi) is 6.34. The highest BCUT2D eigenvalue weighted by atomic mass is 16.6. The van der Waals surface area contributed by atoms with Crippen LogP contribution >= 0.6 is 0 Å². The Morgan fingerprint density at radius 2 is 1.94 bits per heavy atom. The predicted octanol–water partition coefficient (Wildman–Crippen LogP) is 2.29. The molecule has 168 valence electrons. The molecule has 1 aliphatic carbocycles. The lowest BCUT2D eigenvalue weighted by atomic mass is 9.78. The van der Waals surface area contributed by atoms with Gasteiger partial charge in [-0.3, -0.25) is 14.4 Å². The van der Waals surface area contributed by atoms with Crippen LogP contribution in [0.5, 0.6) is 11.5 Å². The van der Waals surface area contributed by atoms with Crippen molar-refractivity contribution in [2.24, 2.45) is 17.8 Å². The monoisotopic (exact) mass is 430 g/mol. The molecule has 8 nitrogen and oxygen atoms in total. The summed E-state index contributed by atoms with van der Waals surface area (Å²) in [6.07, 6.45) is 3.28. The summed E-state index contributed by atoms with van der Waals surface area (Å²) in [5.41, 5.74) is 0.655. The molecule has 2 heterocycles. The number of hydrogen-bond donors (Lipinski definition) is 1. The molecule has 0 aromatic heterocycles. The molecule has 0 radical (unpaired) electrons. The van der Waals surface area contributed by atoms with Crippen molar-refractivity contribution in [2.75, 3.05) is 31.3 Å². The number of benzene rings is 1. The molecule has 4 rings (SSSR count). The Hall–Kier alpha value is -2.77. The smallest absolute Gasteiger partial charge is 0.311 e. The minimum atomic E-state index is -0.595. The molecule has 1 saturated heterocycles. The lowest BCUT2D eigenvalue weighted by Gasteiger charge is -2.34. The van der Waals surface area contributed by atoms with Gasteiger partial charge in [0.05, 0.1) is 5.92 Å². The fourth-order valence-electron chi connectivity index (χ4n) is 4.60. The molecule has 3 aliphatic rings. The average Bonchev–Trinajstić information content (AvgIpc) is 3.16. The Morgan fingerprint density at radius 1 is 1.16 bits per heavy atom. The number of ether oxygens (including phenoxy) is 3. The molecule has 2 fully saturated rings. The Morgan fingerprint density at radius 3 is 2.74 bits per heavy atom. The van der Waals surface area contributed by atoms with Crippen molar-refractivity contribution >= 4 is 23.5 Å². The lowest BCUT2D eigenvalue weighted by Crippen LogP contribution is -2.45. The van der Waals surface area contributed by atoms with E-state index in [1.54, 1.807) is 23.1 Å². The number of carbonyl (C=O) groups excluding carboxylic acids is 3. The number of amides is 2. The highest BCUT2D eigenvalue weighted by Crippen LogP contribution is 2.36. The van der Waals surface area contributed by atoms with E-state index in [0.29, 0.717) is 42.2 Å². The zero-order valence-corrected chi connectivity index (χ0v) is 18.1. The van der Waals surface area contributed by atoms with Crippen LogP contribution in [-0.2, 0) is 19.1 Å². The van der Waals surface area contributed by atoms with Gasteiger partial charge in [0.15, 0.2) is 18.1 Å². The minimum Gasteiger partial charge on any atom is -0.486 e. The van der Waals surface area contributed by atoms with Gasteiger partial charge >= 0.3 is 5.97 Å². The third kappa shape index (κ3) is 4.78. The molecule has 1 aromatic rings. The van der Waals surface area contributed by atoms with E-state index in [0.717, 1.165) is 12.8 Å². The molecule has 1 aromatic carbocycles. The molecular formula is C23H30N2O6. The zero-order chi connectivity index (χ0) is 22.0. The standard InChI is InChI=1S/C23H30N2O6/c1-14-4-3-5-18(15(14)2)24-21(26)13-31-23(28)16-10-22(27)25(12-16)17-6-7-19-20(11-17)30-9-8-29-19/h6-7,11,14-16,18H,3-5,8-10,12-13H2,1-2H3,(H,24,26)/t14-,15+,16+,18+/m1/s1. The number of rotatable bonds is 5. The van der Waals surface area contributed by atoms with Gasteiger partial charge in [-0.15, -0.1) is 0 Å². The van der Waals surface area contributed by atoms with Gasteiger partial charge in [-0.05, 0) is 30.4 Å². The minimum absolute atomic E-state index is 0.0616. The highest BCUT2D eigenvalue weighted by molar-refractivity contribution is 5.99. The SMILES string of the molecule is C[C@H]1[C@H](C)CCC[C@@H]1NC(=O)COC(=O)[C@H]1CC(=O)N(c2ccc3c(c2)OCCO3)C1. The van der Waals surface area contributed by atoms with Crippen LogP contribution in [0.25, 0.3) is 0 Å². The van der Waals surface area contributed by atoms with Gasteiger partial charge in [0.25, 0.3) is 5.91 Å². The van der Waals surface area contributed by atoms with Crippen LogP contribution in [0.4, 0.5) is 5.69 Å². The predicted molar refractivity (Wildman–Crippen MR) is 113 cm³/mol. The van der Waals surface area contributed by atoms with Gasteiger partial charge in [0, 0.05) is 30.8 Å². The fraction of sp³-hybridized carbons (Fsp3) is 0.609. The van der Waals surface area contributed by atoms with E-state index in [1.165, 1.54) is 6.42 Å². The number of esters is 1. The summed E-state index contributed by atoms with van der Waals surface area (Å²) >= 11 is 0. The van der Waals surface area contributed by atoms with Crippen molar-refractivity contribution in [3.8, 4) is 11.5 Å². The Bertz CT molecular complexity index is 856. The maximum atomic E-state index is 12.5. The number of nitrogens with zero attached hydrogens (tertiary/aromatic N) is 1. The fourth-order valence-corrected chi connectivity index (χ4v) is 4.60. The van der Waals surface area contributed by atoms with E-state index in [9.17, 15) is 14.4 Å². The quantitative estimate of drug-likeness (QED) is 0.721. The first-order chi connectivity index (χ1) is 14.9. The summed E-state index contributed by atoms with van der Waals surface area (Å²) in [6.45, 7) is 5.21. The van der Waals surface area contributed by atoms with Gasteiger partial charge in [-0.25, -0.2) is 0 Å². The van der Waals surface area contributed by atoms with E-state index in [-0.39, 0.29) is 37.4 Å². The van der Waals surface area contributed by atoms with Crippen LogP contribution in [0.1, 0.15) is 39.5 Å². The maximum absolute atomic E-state index is 12.5. The summed E-state index contributed by atoms with van der Waals surface area (Å²) in [7, 11) is 0. The van der Waals surface area contributed by atoms with Crippen LogP contribution in [0, 0.1) is 17.8 Å². The molecule has 0 bridgehead atoms. The number of fused-ring (bicyclic) bond motifs is 1. The molecule has 2 aliphatic heterocycles. The Balaban J connectivity index is 1.29. The largest absolute Gasteiger partial charge is 0.486 e. The molecule has 0 spiro atoms. The normalized spacial score (nSPS) is 27.7. The first kappa shape index (κ1) is 21.5. The lowest BCUT2D eigenvalue weighted by molar-refractivity contribution is -0.152. The summed E-state index contributed by atoms with van der Waals surface area (Å²) in [6, 6.07) is 5.41. The molecular weight excluding hydrogens is 400 g/mol. The third-order valence-electron chi connectivity index (χ3n) is 6.69. The van der Waals surface area contributed by atoms with Crippen molar-refractivity contribution < 1.29 is 28.6 Å². The molecule has 8 heteroatoms. The van der Waals surface area contributed by atoms with Crippen molar-refractivity contribution in [3.63, 3.8) is 0 Å². The van der Waals surface area contributed by atoms with Gasteiger partial charge in [0.1, 0.15) is 13.2 Å². The summed E-state index contributed by atoms with van der Waals surface area (Å²) in [5, 5.41) is 3.00. The molecule has 31 heavy (non-hydrogen) atoms. The average molecular weight is 431 g/mol. The molecule has 1 saturated carbocycles. The van der Waals surface area contributed by atoms with Crippen LogP contribution in [0.3, 0.4) is 0 Å². The van der Waals surface area contributed by atoms with E-state index in [1.807, 2.05) is 0 Å². The van der Waals surface area contributed by atoms with Gasteiger partial charge in [-0.2, -0.15) is 0 Å². The molecule has 0 unspecified atom stereocenters. The van der Waals surface area contributed by atoms with Crippen LogP contribution in [0.15, 0.2) is 18.2 Å². The number of carbonyl (C=O) groups is 3. The number of nitrogens with one attached hydrogen (secondary N) is 1. The first-order valence-electron chi connectivity index (χ1n) is 11.1. The molecule has 2 amide bonds. The Labute approximate surface area is 182 Å². The van der Waals surface area contributed by atoms with Crippen molar-refractivity contribution in [1.82, 2.24) is 5.32 Å². The zero-order valence-electron chi connectivity index (χ0n) is 18.1. The van der Waals surface area contributed by atoms with Crippen molar-refractivity contribution in [1.29, 1.82) is 0 Å². The van der Waals surface area contributed by atoms with Crippen molar-refractivity contribution in [2.45, 2.75) is 45.6 Å². The van der Waals surface area contributed by atoms with E-state index in [4.69, 9.17) is 14.2 Å². The second-order valence-corrected chi connectivity index (χ2v) is 8.78. The number of hydrogen-bond acceptors (Lipinski definition) is 6. The van der Waals surface area contributed by atoms with E-state index in [2.05, 4.69) is 19.2 Å². The summed E-state index contributed by atoms with van der Waals surface area (Å²) in [5.74, 6) is 0.644. The highest BCUT2D eigenvalue weighted by Gasteiger charge is 2.37. The summed E-state index contributed by atoms with van der Waals surface area (Å²) < 4.78 is 16.3. The maximum Gasteiger partial charge on any atom is 0.311 e.